The van der Waals surface area contributed by atoms with Crippen LogP contribution in [-0.2, 0) is 6.18 Å². The highest BCUT2D eigenvalue weighted by Gasteiger charge is 2.30. The van der Waals surface area contributed by atoms with Crippen molar-refractivity contribution >= 4 is 28.3 Å². The number of halogens is 4. The molecule has 0 spiro atoms. The monoisotopic (exact) mass is 240 g/mol. The van der Waals surface area contributed by atoms with Crippen molar-refractivity contribution in [3.8, 4) is 5.75 Å². The van der Waals surface area contributed by atoms with Crippen LogP contribution in [0.4, 0.5) is 13.2 Å². The minimum Gasteiger partial charge on any atom is -0.436 e. The summed E-state index contributed by atoms with van der Waals surface area (Å²) in [6.07, 6.45) is -4.40. The Bertz CT molecular complexity index is 351. The second-order valence-electron chi connectivity index (χ2n) is 2.37. The summed E-state index contributed by atoms with van der Waals surface area (Å²) in [5, 5.41) is 0. The molecular formula is C8H4ClF3OS. The highest BCUT2D eigenvalue weighted by atomic mass is 35.5. The SMILES string of the molecule is FC(F)(F)c1cccc(OC(=S)Cl)c1. The molecule has 0 unspecified atom stereocenters. The molecule has 0 fully saturated rings. The van der Waals surface area contributed by atoms with Crippen LogP contribution in [0, 0.1) is 0 Å². The minimum absolute atomic E-state index is 0.0279. The maximum atomic E-state index is 12.2. The molecule has 1 aromatic carbocycles. The molecule has 0 heterocycles. The van der Waals surface area contributed by atoms with Crippen LogP contribution in [0.5, 0.6) is 5.75 Å². The van der Waals surface area contributed by atoms with Crippen molar-refractivity contribution in [2.45, 2.75) is 6.18 Å². The van der Waals surface area contributed by atoms with Crippen LogP contribution in [0.25, 0.3) is 0 Å². The van der Waals surface area contributed by atoms with Gasteiger partial charge >= 0.3 is 6.18 Å². The van der Waals surface area contributed by atoms with E-state index in [4.69, 9.17) is 11.6 Å². The number of benzene rings is 1. The minimum atomic E-state index is -4.40. The number of rotatable bonds is 1. The van der Waals surface area contributed by atoms with Gasteiger partial charge in [0.15, 0.2) is 0 Å². The first-order valence-corrected chi connectivity index (χ1v) is 4.23. The number of hydrogen-bond donors (Lipinski definition) is 0. The number of thiocarbonyl (C=S) groups is 1. The highest BCUT2D eigenvalue weighted by molar-refractivity contribution is 7.82. The van der Waals surface area contributed by atoms with E-state index >= 15 is 0 Å². The predicted molar refractivity (Wildman–Crippen MR) is 50.5 cm³/mol. The Labute approximate surface area is 88.4 Å². The molecule has 0 atom stereocenters. The van der Waals surface area contributed by atoms with Gasteiger partial charge in [0.25, 0.3) is 4.51 Å². The summed E-state index contributed by atoms with van der Waals surface area (Å²) in [4.78, 5) is 0. The third-order valence-corrected chi connectivity index (χ3v) is 1.52. The molecule has 1 aromatic rings. The van der Waals surface area contributed by atoms with Gasteiger partial charge in [-0.1, -0.05) is 6.07 Å². The lowest BCUT2D eigenvalue weighted by Crippen LogP contribution is -2.05. The smallest absolute Gasteiger partial charge is 0.416 e. The van der Waals surface area contributed by atoms with Gasteiger partial charge < -0.3 is 4.74 Å². The molecule has 0 saturated heterocycles. The van der Waals surface area contributed by atoms with Crippen molar-refractivity contribution in [1.82, 2.24) is 0 Å². The van der Waals surface area contributed by atoms with Crippen molar-refractivity contribution in [2.75, 3.05) is 0 Å². The first-order valence-electron chi connectivity index (χ1n) is 3.44. The van der Waals surface area contributed by atoms with Crippen LogP contribution in [0.3, 0.4) is 0 Å². The average Bonchev–Trinajstić information content (AvgIpc) is 2.01. The Morgan fingerprint density at radius 1 is 1.36 bits per heavy atom. The van der Waals surface area contributed by atoms with E-state index in [-0.39, 0.29) is 10.3 Å². The Morgan fingerprint density at radius 2 is 2.00 bits per heavy atom. The fourth-order valence-corrected chi connectivity index (χ4v) is 1.01. The van der Waals surface area contributed by atoms with Crippen molar-refractivity contribution in [3.63, 3.8) is 0 Å². The maximum absolute atomic E-state index is 12.2. The molecule has 0 saturated carbocycles. The number of ether oxygens (including phenoxy) is 1. The molecule has 0 bridgehead atoms. The fourth-order valence-electron chi connectivity index (χ4n) is 0.829. The van der Waals surface area contributed by atoms with E-state index in [0.29, 0.717) is 0 Å². The summed E-state index contributed by atoms with van der Waals surface area (Å²) in [6.45, 7) is 0. The average molecular weight is 241 g/mol. The van der Waals surface area contributed by atoms with Gasteiger partial charge in [0.2, 0.25) is 0 Å². The van der Waals surface area contributed by atoms with Crippen LogP contribution in [0.1, 0.15) is 5.56 Å². The molecule has 0 aliphatic carbocycles. The van der Waals surface area contributed by atoms with Crippen LogP contribution in [-0.4, -0.2) is 4.51 Å². The predicted octanol–water partition coefficient (Wildman–Crippen LogP) is 3.61. The highest BCUT2D eigenvalue weighted by Crippen LogP contribution is 2.31. The van der Waals surface area contributed by atoms with Gasteiger partial charge in [0.05, 0.1) is 5.56 Å². The van der Waals surface area contributed by atoms with Crippen LogP contribution in [0.2, 0.25) is 0 Å². The molecule has 1 rings (SSSR count). The molecule has 0 radical (unpaired) electrons. The van der Waals surface area contributed by atoms with E-state index in [0.717, 1.165) is 12.1 Å². The Hall–Kier alpha value is -0.810. The van der Waals surface area contributed by atoms with Gasteiger partial charge in [-0.3, -0.25) is 0 Å². The molecule has 76 valence electrons. The summed E-state index contributed by atoms with van der Waals surface area (Å²) < 4.78 is 40.9. The number of alkyl halides is 3. The molecule has 0 amide bonds. The third-order valence-electron chi connectivity index (χ3n) is 1.36. The molecule has 14 heavy (non-hydrogen) atoms. The topological polar surface area (TPSA) is 9.23 Å². The fraction of sp³-hybridized carbons (Fsp3) is 0.125. The molecule has 6 heteroatoms. The summed E-state index contributed by atoms with van der Waals surface area (Å²) >= 11 is 9.58. The van der Waals surface area contributed by atoms with Gasteiger partial charge in [-0.2, -0.15) is 13.2 Å². The van der Waals surface area contributed by atoms with Gasteiger partial charge in [0.1, 0.15) is 5.75 Å². The normalized spacial score (nSPS) is 11.1. The van der Waals surface area contributed by atoms with Crippen molar-refractivity contribution in [1.29, 1.82) is 0 Å². The summed E-state index contributed by atoms with van der Waals surface area (Å²) in [6, 6.07) is 4.32. The summed E-state index contributed by atoms with van der Waals surface area (Å²) in [5.41, 5.74) is -0.803. The van der Waals surface area contributed by atoms with Gasteiger partial charge in [-0.25, -0.2) is 0 Å². The van der Waals surface area contributed by atoms with E-state index in [1.165, 1.54) is 12.1 Å². The quantitative estimate of drug-likeness (QED) is 0.548. The van der Waals surface area contributed by atoms with Crippen molar-refractivity contribution < 1.29 is 17.9 Å². The summed E-state index contributed by atoms with van der Waals surface area (Å²) in [5.74, 6) is -0.0279. The second kappa shape index (κ2) is 4.14. The largest absolute Gasteiger partial charge is 0.436 e. The zero-order valence-corrected chi connectivity index (χ0v) is 8.21. The molecular weight excluding hydrogens is 237 g/mol. The standard InChI is InChI=1S/C8H4ClF3OS/c9-7(14)13-6-3-1-2-5(4-6)8(10,11)12/h1-4H. The van der Waals surface area contributed by atoms with E-state index in [9.17, 15) is 13.2 Å². The van der Waals surface area contributed by atoms with Crippen LogP contribution in [0.15, 0.2) is 24.3 Å². The van der Waals surface area contributed by atoms with Gasteiger partial charge in [-0.05, 0) is 42.0 Å². The van der Waals surface area contributed by atoms with E-state index < -0.39 is 11.7 Å². The zero-order valence-electron chi connectivity index (χ0n) is 6.64. The molecule has 0 aromatic heterocycles. The Kier molecular flexibility index (Phi) is 3.34. The van der Waals surface area contributed by atoms with Crippen LogP contribution >= 0.6 is 23.8 Å². The lowest BCUT2D eigenvalue weighted by atomic mass is 10.2. The van der Waals surface area contributed by atoms with Gasteiger partial charge in [0, 0.05) is 0 Å². The van der Waals surface area contributed by atoms with Crippen molar-refractivity contribution in [3.05, 3.63) is 29.8 Å². The lowest BCUT2D eigenvalue weighted by Gasteiger charge is -2.08. The number of hydrogen-bond acceptors (Lipinski definition) is 2. The van der Waals surface area contributed by atoms with E-state index in [2.05, 4.69) is 17.0 Å². The Balaban J connectivity index is 2.95. The van der Waals surface area contributed by atoms with Crippen molar-refractivity contribution in [2.24, 2.45) is 0 Å². The third kappa shape index (κ3) is 3.16. The first kappa shape index (κ1) is 11.3. The van der Waals surface area contributed by atoms with Crippen LogP contribution < -0.4 is 4.74 Å². The Morgan fingerprint density at radius 3 is 2.50 bits per heavy atom. The maximum Gasteiger partial charge on any atom is 0.416 e. The molecule has 0 aliphatic rings. The zero-order chi connectivity index (χ0) is 10.8. The second-order valence-corrected chi connectivity index (χ2v) is 3.30. The van der Waals surface area contributed by atoms with E-state index in [1.807, 2.05) is 0 Å². The lowest BCUT2D eigenvalue weighted by molar-refractivity contribution is -0.137. The molecule has 0 N–H and O–H groups in total. The molecule has 1 nitrogen and oxygen atoms in total. The summed E-state index contributed by atoms with van der Waals surface area (Å²) in [7, 11) is 0. The first-order chi connectivity index (χ1) is 6.39. The van der Waals surface area contributed by atoms with E-state index in [1.54, 1.807) is 0 Å². The van der Waals surface area contributed by atoms with Gasteiger partial charge in [-0.15, -0.1) is 0 Å². The molecule has 0 aliphatic heterocycles.